The van der Waals surface area contributed by atoms with Gasteiger partial charge in [0.25, 0.3) is 0 Å². The van der Waals surface area contributed by atoms with Gasteiger partial charge in [0.05, 0.1) is 47.0 Å². The number of aromatic nitrogens is 4. The second kappa shape index (κ2) is 11.8. The Kier molecular flexibility index (Phi) is 8.29. The summed E-state index contributed by atoms with van der Waals surface area (Å²) < 4.78 is 7.44. The third kappa shape index (κ3) is 6.09. The van der Waals surface area contributed by atoms with E-state index in [9.17, 15) is 10.4 Å². The quantitative estimate of drug-likeness (QED) is 0.196. The maximum atomic E-state index is 10.3. The fraction of sp³-hybridized carbons (Fsp3) is 0.286. The van der Waals surface area contributed by atoms with Gasteiger partial charge in [0.1, 0.15) is 12.0 Å². The molecule has 2 heterocycles. The molecule has 11 heteroatoms. The molecule has 0 fully saturated rings. The molecule has 0 aliphatic rings. The molecular weight excluding hydrogens is 494 g/mol. The zero-order valence-electron chi connectivity index (χ0n) is 22.8. The first kappa shape index (κ1) is 27.4. The number of hydrogen-bond donors (Lipinski definition) is 3. The number of aryl methyl sites for hydroxylation is 1. The van der Waals surface area contributed by atoms with Crippen LogP contribution in [-0.4, -0.2) is 77.3 Å². The van der Waals surface area contributed by atoms with Crippen molar-refractivity contribution < 1.29 is 9.84 Å². The Morgan fingerprint density at radius 3 is 2.67 bits per heavy atom. The molecule has 11 nitrogen and oxygen atoms in total. The minimum absolute atomic E-state index is 0.338. The van der Waals surface area contributed by atoms with Gasteiger partial charge in [-0.2, -0.15) is 15.3 Å². The highest BCUT2D eigenvalue weighted by Crippen LogP contribution is 2.38. The van der Waals surface area contributed by atoms with E-state index in [1.54, 1.807) is 30.1 Å². The number of likely N-dealkylation sites (N-methyl/N-ethyl adjacent to an activating group) is 2. The predicted molar refractivity (Wildman–Crippen MR) is 154 cm³/mol. The van der Waals surface area contributed by atoms with Gasteiger partial charge >= 0.3 is 0 Å². The molecule has 4 aromatic rings. The van der Waals surface area contributed by atoms with Crippen molar-refractivity contribution in [3.8, 4) is 17.6 Å². The summed E-state index contributed by atoms with van der Waals surface area (Å²) in [6.07, 6.45) is 2.13. The summed E-state index contributed by atoms with van der Waals surface area (Å²) in [6, 6.07) is 13.1. The Morgan fingerprint density at radius 1 is 1.18 bits per heavy atom. The van der Waals surface area contributed by atoms with Crippen molar-refractivity contribution in [2.24, 2.45) is 0 Å². The van der Waals surface area contributed by atoms with Crippen LogP contribution in [0.25, 0.3) is 16.7 Å². The van der Waals surface area contributed by atoms with E-state index in [0.717, 1.165) is 35.4 Å². The number of fused-ring (bicyclic) bond motifs is 1. The monoisotopic (exact) mass is 527 g/mol. The molecule has 2 aromatic heterocycles. The Hall–Kier alpha value is -4.66. The van der Waals surface area contributed by atoms with Gasteiger partial charge in [-0.15, -0.1) is 0 Å². The highest BCUT2D eigenvalue weighted by atomic mass is 16.5. The number of anilines is 4. The number of ether oxygens (including phenoxy) is 1. The highest BCUT2D eigenvalue weighted by Gasteiger charge is 2.17. The molecule has 0 saturated heterocycles. The molecule has 1 atom stereocenters. The summed E-state index contributed by atoms with van der Waals surface area (Å²) >= 11 is 0. The fourth-order valence-electron chi connectivity index (χ4n) is 4.12. The van der Waals surface area contributed by atoms with E-state index in [2.05, 4.69) is 48.1 Å². The van der Waals surface area contributed by atoms with E-state index >= 15 is 0 Å². The lowest BCUT2D eigenvalue weighted by atomic mass is 10.1. The van der Waals surface area contributed by atoms with E-state index in [1.165, 1.54) is 6.08 Å². The average Bonchev–Trinajstić information content (AvgIpc) is 3.27. The molecule has 0 spiro atoms. The lowest BCUT2D eigenvalue weighted by molar-refractivity contribution is 0.253. The third-order valence-electron chi connectivity index (χ3n) is 6.24. The molecule has 202 valence electrons. The van der Waals surface area contributed by atoms with Gasteiger partial charge in [-0.05, 0) is 51.4 Å². The Labute approximate surface area is 228 Å². The Bertz CT molecular complexity index is 1520. The average molecular weight is 528 g/mol. The number of hydrogen-bond acceptors (Lipinski definition) is 10. The summed E-state index contributed by atoms with van der Waals surface area (Å²) in [5.41, 5.74) is 4.35. The first-order chi connectivity index (χ1) is 18.7. The summed E-state index contributed by atoms with van der Waals surface area (Å²) in [7, 11) is 7.63. The van der Waals surface area contributed by atoms with Gasteiger partial charge in [-0.25, -0.2) is 9.67 Å². The number of nitrogens with zero attached hydrogens (tertiary/aromatic N) is 7. The molecule has 4 rings (SSSR count). The number of rotatable bonds is 11. The summed E-state index contributed by atoms with van der Waals surface area (Å²) in [6.45, 7) is 7.18. The van der Waals surface area contributed by atoms with E-state index < -0.39 is 6.23 Å². The van der Waals surface area contributed by atoms with Crippen LogP contribution in [0.5, 0.6) is 5.75 Å². The van der Waals surface area contributed by atoms with Crippen molar-refractivity contribution in [2.75, 3.05) is 56.9 Å². The van der Waals surface area contributed by atoms with Gasteiger partial charge in [-0.3, -0.25) is 0 Å². The van der Waals surface area contributed by atoms with Crippen LogP contribution in [0.15, 0.2) is 55.3 Å². The topological polar surface area (TPSA) is 127 Å². The van der Waals surface area contributed by atoms with E-state index in [-0.39, 0.29) is 0 Å². The van der Waals surface area contributed by atoms with Gasteiger partial charge in [0.2, 0.25) is 5.95 Å². The molecule has 0 radical (unpaired) electrons. The second-order valence-electron chi connectivity index (χ2n) is 9.32. The Balaban J connectivity index is 1.71. The summed E-state index contributed by atoms with van der Waals surface area (Å²) in [5, 5.41) is 31.4. The summed E-state index contributed by atoms with van der Waals surface area (Å²) in [5.74, 6) is 1.48. The Morgan fingerprint density at radius 2 is 1.97 bits per heavy atom. The van der Waals surface area contributed by atoms with Crippen LogP contribution < -0.4 is 20.3 Å². The standard InChI is InChI=1S/C28H33N9O2/c1-7-27(38)31-21-15-22(25(39-6)16-24(21)36(5)13-12-35(3)4)32-28-30-11-10-26(33-28)37-23-9-8-19(17-29)14-20(23)18(2)34-37/h7-11,14-16,27,31,38H,1,12-13H2,2-6H3,(H,30,32,33). The predicted octanol–water partition coefficient (Wildman–Crippen LogP) is 3.66. The largest absolute Gasteiger partial charge is 0.494 e. The van der Waals surface area contributed by atoms with Crippen LogP contribution >= 0.6 is 0 Å². The molecule has 3 N–H and O–H groups in total. The first-order valence-corrected chi connectivity index (χ1v) is 12.4. The molecule has 2 aromatic carbocycles. The maximum Gasteiger partial charge on any atom is 0.229 e. The van der Waals surface area contributed by atoms with Crippen LogP contribution in [0.2, 0.25) is 0 Å². The maximum absolute atomic E-state index is 10.3. The molecule has 0 aliphatic carbocycles. The van der Waals surface area contributed by atoms with Crippen molar-refractivity contribution in [3.05, 3.63) is 66.5 Å². The van der Waals surface area contributed by atoms with Gasteiger partial charge in [-0.1, -0.05) is 6.58 Å². The molecule has 0 aliphatic heterocycles. The number of nitrogens with one attached hydrogen (secondary N) is 2. The normalized spacial score (nSPS) is 11.7. The van der Waals surface area contributed by atoms with Crippen LogP contribution in [0.3, 0.4) is 0 Å². The molecular formula is C28H33N9O2. The van der Waals surface area contributed by atoms with Crippen molar-refractivity contribution in [1.82, 2.24) is 24.6 Å². The smallest absolute Gasteiger partial charge is 0.229 e. The van der Waals surface area contributed by atoms with Crippen LogP contribution in [0, 0.1) is 18.3 Å². The van der Waals surface area contributed by atoms with Crippen LogP contribution in [0.4, 0.5) is 23.0 Å². The first-order valence-electron chi connectivity index (χ1n) is 12.4. The molecule has 1 unspecified atom stereocenters. The van der Waals surface area contributed by atoms with E-state index in [4.69, 9.17) is 4.74 Å². The molecule has 0 bridgehead atoms. The minimum atomic E-state index is -0.940. The van der Waals surface area contributed by atoms with Crippen molar-refractivity contribution in [3.63, 3.8) is 0 Å². The lowest BCUT2D eigenvalue weighted by Crippen LogP contribution is -2.29. The summed E-state index contributed by atoms with van der Waals surface area (Å²) in [4.78, 5) is 13.3. The second-order valence-corrected chi connectivity index (χ2v) is 9.32. The fourth-order valence-corrected chi connectivity index (χ4v) is 4.12. The van der Waals surface area contributed by atoms with E-state index in [1.807, 2.05) is 52.3 Å². The molecule has 0 amide bonds. The van der Waals surface area contributed by atoms with Gasteiger partial charge in [0, 0.05) is 43.9 Å². The van der Waals surface area contributed by atoms with Gasteiger partial charge in [0.15, 0.2) is 5.82 Å². The van der Waals surface area contributed by atoms with Crippen LogP contribution in [0.1, 0.15) is 11.3 Å². The lowest BCUT2D eigenvalue weighted by Gasteiger charge is -2.27. The zero-order chi connectivity index (χ0) is 28.1. The molecule has 0 saturated carbocycles. The number of benzene rings is 2. The van der Waals surface area contributed by atoms with Crippen LogP contribution in [-0.2, 0) is 0 Å². The number of aliphatic hydroxyl groups is 1. The van der Waals surface area contributed by atoms with Gasteiger partial charge < -0.3 is 30.3 Å². The van der Waals surface area contributed by atoms with Crippen molar-refractivity contribution in [2.45, 2.75) is 13.2 Å². The highest BCUT2D eigenvalue weighted by molar-refractivity contribution is 5.85. The SMILES string of the molecule is C=CC(O)Nc1cc(Nc2nccc(-n3nc(C)c4cc(C#N)ccc43)n2)c(OC)cc1N(C)CCN(C)C. The zero-order valence-corrected chi connectivity index (χ0v) is 22.8. The van der Waals surface area contributed by atoms with Crippen molar-refractivity contribution in [1.29, 1.82) is 5.26 Å². The number of methoxy groups -OCH3 is 1. The van der Waals surface area contributed by atoms with E-state index in [0.29, 0.717) is 34.5 Å². The number of aliphatic hydroxyl groups excluding tert-OH is 1. The molecule has 39 heavy (non-hydrogen) atoms. The third-order valence-corrected chi connectivity index (χ3v) is 6.24. The minimum Gasteiger partial charge on any atom is -0.494 e. The van der Waals surface area contributed by atoms with Crippen molar-refractivity contribution >= 4 is 33.9 Å². The number of nitriles is 1.